The van der Waals surface area contributed by atoms with Crippen LogP contribution in [0.15, 0.2) is 0 Å². The minimum absolute atomic E-state index is 0. The zero-order valence-corrected chi connectivity index (χ0v) is 18.7. The second-order valence-corrected chi connectivity index (χ2v) is 9.20. The molecule has 0 aromatic rings. The zero-order chi connectivity index (χ0) is 18.2. The first-order valence-corrected chi connectivity index (χ1v) is 7.08. The molecule has 0 atom stereocenters. The predicted molar refractivity (Wildman–Crippen MR) is 75.9 cm³/mol. The van der Waals surface area contributed by atoms with Crippen LogP contribution in [0.1, 0.15) is 0 Å². The van der Waals surface area contributed by atoms with Crippen molar-refractivity contribution in [3.05, 3.63) is 0 Å². The van der Waals surface area contributed by atoms with Gasteiger partial charge in [0.25, 0.3) is 0 Å². The summed E-state index contributed by atoms with van der Waals surface area (Å²) < 4.78 is -6.83. The molecule has 0 heterocycles. The van der Waals surface area contributed by atoms with Crippen LogP contribution in [0.2, 0.25) is 0 Å². The van der Waals surface area contributed by atoms with Gasteiger partial charge in [0.05, 0.1) is 17.9 Å². The first-order valence-electron chi connectivity index (χ1n) is 3.68. The molecule has 1 radical (unpaired) electrons. The molecule has 0 bridgehead atoms. The van der Waals surface area contributed by atoms with E-state index in [1.54, 1.807) is 0 Å². The van der Waals surface area contributed by atoms with Gasteiger partial charge < -0.3 is 29.7 Å². The fraction of sp³-hybridized carbons (Fsp3) is 0.500. The van der Waals surface area contributed by atoms with Crippen LogP contribution in [0.4, 0.5) is 0 Å². The SMILES string of the molecule is O=C([O-])C(Cl)(Cl)Cl.O=C([O-])C(Cl)(Cl)Cl.O=C([O-])C(Cl)(Cl)Cl.[Sm+3]. The number of alkyl halides is 9. The van der Waals surface area contributed by atoms with Crippen molar-refractivity contribution >= 4 is 122 Å². The predicted octanol–water partition coefficient (Wildman–Crippen LogP) is 0.319. The molecule has 22 heavy (non-hydrogen) atoms. The van der Waals surface area contributed by atoms with Crippen molar-refractivity contribution in [3.63, 3.8) is 0 Å². The fourth-order valence-corrected chi connectivity index (χ4v) is 0. The summed E-state index contributed by atoms with van der Waals surface area (Å²) in [6.07, 6.45) is 0. The van der Waals surface area contributed by atoms with E-state index in [1.807, 2.05) is 0 Å². The molecule has 129 valence electrons. The molecule has 0 spiro atoms. The van der Waals surface area contributed by atoms with Gasteiger partial charge in [-0.2, -0.15) is 0 Å². The Bertz CT molecular complexity index is 313. The summed E-state index contributed by atoms with van der Waals surface area (Å²) in [4.78, 5) is 28.5. The largest absolute Gasteiger partial charge is 3.00 e. The topological polar surface area (TPSA) is 120 Å². The van der Waals surface area contributed by atoms with E-state index in [9.17, 15) is 29.7 Å². The number of hydrogen-bond acceptors (Lipinski definition) is 6. The molecule has 0 N–H and O–H groups in total. The van der Waals surface area contributed by atoms with E-state index >= 15 is 0 Å². The van der Waals surface area contributed by atoms with E-state index < -0.39 is 29.3 Å². The molecule has 0 aromatic heterocycles. The van der Waals surface area contributed by atoms with Crippen molar-refractivity contribution in [1.82, 2.24) is 0 Å². The Morgan fingerprint density at radius 1 is 0.500 bits per heavy atom. The van der Waals surface area contributed by atoms with Crippen LogP contribution in [-0.2, 0) is 14.4 Å². The molecule has 0 unspecified atom stereocenters. The van der Waals surface area contributed by atoms with Gasteiger partial charge in [0.2, 0.25) is 11.4 Å². The van der Waals surface area contributed by atoms with Gasteiger partial charge in [0.15, 0.2) is 0 Å². The second kappa shape index (κ2) is 13.5. The summed E-state index contributed by atoms with van der Waals surface area (Å²) in [5.74, 6) is -5.13. The summed E-state index contributed by atoms with van der Waals surface area (Å²) in [6, 6.07) is 0. The minimum atomic E-state index is -2.28. The van der Waals surface area contributed by atoms with Crippen LogP contribution in [0.3, 0.4) is 0 Å². The molecule has 0 rings (SSSR count). The van der Waals surface area contributed by atoms with E-state index in [-0.39, 0.29) is 40.4 Å². The molecule has 0 amide bonds. The first-order chi connectivity index (χ1) is 8.83. The monoisotopic (exact) mass is 635 g/mol. The van der Waals surface area contributed by atoms with Crippen LogP contribution in [0.5, 0.6) is 0 Å². The van der Waals surface area contributed by atoms with Gasteiger partial charge in [-0.15, -0.1) is 0 Å². The maximum absolute atomic E-state index is 9.51. The molecule has 16 heteroatoms. The van der Waals surface area contributed by atoms with Crippen molar-refractivity contribution in [2.45, 2.75) is 11.4 Å². The average molecular weight is 637 g/mol. The third kappa shape index (κ3) is 24.6. The molecule has 0 saturated carbocycles. The molecule has 6 nitrogen and oxygen atoms in total. The smallest absolute Gasteiger partial charge is 0.545 e. The molecule has 0 aliphatic carbocycles. The fourth-order valence-electron chi connectivity index (χ4n) is 0. The van der Waals surface area contributed by atoms with Gasteiger partial charge >= 0.3 is 40.4 Å². The maximum atomic E-state index is 9.51. The maximum Gasteiger partial charge on any atom is 3.00 e. The number of carboxylic acids is 3. The minimum Gasteiger partial charge on any atom is -0.545 e. The van der Waals surface area contributed by atoms with E-state index in [4.69, 9.17) is 104 Å². The van der Waals surface area contributed by atoms with Crippen molar-refractivity contribution in [2.75, 3.05) is 0 Å². The summed E-state index contributed by atoms with van der Waals surface area (Å²) >= 11 is 42.6. The van der Waals surface area contributed by atoms with Gasteiger partial charge in [-0.05, 0) is 0 Å². The van der Waals surface area contributed by atoms with Gasteiger partial charge in [-0.1, -0.05) is 104 Å². The van der Waals surface area contributed by atoms with Crippen molar-refractivity contribution in [3.8, 4) is 0 Å². The van der Waals surface area contributed by atoms with Gasteiger partial charge in [0.1, 0.15) is 0 Å². The molecular weight excluding hydrogens is 637 g/mol. The van der Waals surface area contributed by atoms with Crippen molar-refractivity contribution < 1.29 is 70.1 Å². The Hall–Kier alpha value is 2.36. The van der Waals surface area contributed by atoms with Crippen LogP contribution < -0.4 is 15.3 Å². The Kier molecular flexibility index (Phi) is 19.7. The summed E-state index contributed by atoms with van der Waals surface area (Å²) in [7, 11) is 0. The molecular formula is C6Cl9O6Sm. The standard InChI is InChI=1S/3C2HCl3O2.Sm/c3*3-2(4,5)1(6)7;/h3*(H,6,7);/q;;;+3/p-3. The number of aliphatic carboxylic acids is 3. The number of rotatable bonds is 0. The molecule has 0 saturated heterocycles. The van der Waals surface area contributed by atoms with Gasteiger partial charge in [-0.25, -0.2) is 0 Å². The van der Waals surface area contributed by atoms with Gasteiger partial charge in [-0.3, -0.25) is 0 Å². The Morgan fingerprint density at radius 2 is 0.545 bits per heavy atom. The average Bonchev–Trinajstić information content (AvgIpc) is 2.14. The normalized spacial score (nSPS) is 10.8. The van der Waals surface area contributed by atoms with Crippen LogP contribution in [0.25, 0.3) is 0 Å². The van der Waals surface area contributed by atoms with Crippen LogP contribution >= 0.6 is 104 Å². The summed E-state index contributed by atoms with van der Waals surface area (Å²) in [6.45, 7) is 0. The van der Waals surface area contributed by atoms with Crippen molar-refractivity contribution in [1.29, 1.82) is 0 Å². The number of carbonyl (C=O) groups excluding carboxylic acids is 3. The Labute approximate surface area is 201 Å². The number of carbonyl (C=O) groups is 3. The van der Waals surface area contributed by atoms with E-state index in [0.717, 1.165) is 0 Å². The zero-order valence-electron chi connectivity index (χ0n) is 9.26. The second-order valence-electron chi connectivity index (χ2n) is 2.36. The van der Waals surface area contributed by atoms with Crippen LogP contribution in [0, 0.1) is 40.4 Å². The van der Waals surface area contributed by atoms with Gasteiger partial charge in [0, 0.05) is 0 Å². The van der Waals surface area contributed by atoms with Crippen LogP contribution in [-0.4, -0.2) is 29.3 Å². The quantitative estimate of drug-likeness (QED) is 0.353. The number of carboxylic acid groups (broad SMARTS) is 3. The number of hydrogen-bond donors (Lipinski definition) is 0. The van der Waals surface area contributed by atoms with E-state index in [1.165, 1.54) is 0 Å². The van der Waals surface area contributed by atoms with E-state index in [0.29, 0.717) is 0 Å². The molecule has 0 aliphatic rings. The summed E-state index contributed by atoms with van der Waals surface area (Å²) in [5.41, 5.74) is 0. The Balaban J connectivity index is -0.000000108. The van der Waals surface area contributed by atoms with Crippen molar-refractivity contribution in [2.24, 2.45) is 0 Å². The number of halogens is 9. The molecule has 0 aliphatic heterocycles. The Morgan fingerprint density at radius 3 is 0.545 bits per heavy atom. The molecule has 0 aromatic carbocycles. The third-order valence-electron chi connectivity index (χ3n) is 0.694. The molecule has 0 fully saturated rings. The summed E-state index contributed by atoms with van der Waals surface area (Å²) in [5, 5.41) is 28.5. The van der Waals surface area contributed by atoms with E-state index in [2.05, 4.69) is 0 Å². The third-order valence-corrected chi connectivity index (χ3v) is 2.08. The first kappa shape index (κ1) is 32.1.